The lowest BCUT2D eigenvalue weighted by Crippen LogP contribution is -2.43. The van der Waals surface area contributed by atoms with Crippen LogP contribution in [0.4, 0.5) is 5.82 Å². The molecule has 1 saturated carbocycles. The second-order valence-electron chi connectivity index (χ2n) is 6.77. The number of aromatic nitrogens is 3. The molecule has 22 heavy (non-hydrogen) atoms. The van der Waals surface area contributed by atoms with E-state index in [1.54, 1.807) is 0 Å². The second kappa shape index (κ2) is 4.69. The van der Waals surface area contributed by atoms with Gasteiger partial charge in [0.1, 0.15) is 17.3 Å². The molecule has 0 radical (unpaired) electrons. The Morgan fingerprint density at radius 1 is 1.36 bits per heavy atom. The topological polar surface area (TPSA) is 82.1 Å². The van der Waals surface area contributed by atoms with Crippen molar-refractivity contribution in [1.82, 2.24) is 15.0 Å². The number of nitrogens with one attached hydrogen (secondary N) is 1. The average Bonchev–Trinajstić information content (AvgIpc) is 3.25. The van der Waals surface area contributed by atoms with Crippen LogP contribution in [0.1, 0.15) is 44.3 Å². The van der Waals surface area contributed by atoms with Crippen molar-refractivity contribution in [2.24, 2.45) is 5.41 Å². The summed E-state index contributed by atoms with van der Waals surface area (Å²) in [6.07, 6.45) is 5.53. The van der Waals surface area contributed by atoms with E-state index in [0.29, 0.717) is 18.8 Å². The number of H-pyrrole nitrogens is 1. The number of anilines is 1. The molecule has 2 fully saturated rings. The summed E-state index contributed by atoms with van der Waals surface area (Å²) < 4.78 is 0. The van der Waals surface area contributed by atoms with Gasteiger partial charge in [-0.1, -0.05) is 0 Å². The van der Waals surface area contributed by atoms with Gasteiger partial charge in [-0.25, -0.2) is 9.97 Å². The summed E-state index contributed by atoms with van der Waals surface area (Å²) in [5, 5.41) is 10.4. The third-order valence-corrected chi connectivity index (χ3v) is 5.04. The summed E-state index contributed by atoms with van der Waals surface area (Å²) in [6.45, 7) is 3.29. The van der Waals surface area contributed by atoms with Crippen LogP contribution in [0.2, 0.25) is 0 Å². The predicted molar refractivity (Wildman–Crippen MR) is 83.1 cm³/mol. The van der Waals surface area contributed by atoms with E-state index in [9.17, 15) is 9.90 Å². The minimum absolute atomic E-state index is 0.500. The quantitative estimate of drug-likeness (QED) is 0.910. The van der Waals surface area contributed by atoms with Gasteiger partial charge in [-0.15, -0.1) is 0 Å². The normalized spacial score (nSPS) is 21.2. The molecule has 0 atom stereocenters. The second-order valence-corrected chi connectivity index (χ2v) is 6.77. The minimum Gasteiger partial charge on any atom is -0.481 e. The number of carboxylic acids is 1. The Morgan fingerprint density at radius 3 is 2.73 bits per heavy atom. The lowest BCUT2D eigenvalue weighted by atomic mass is 9.80. The largest absolute Gasteiger partial charge is 0.481 e. The molecule has 2 aromatic rings. The van der Waals surface area contributed by atoms with Gasteiger partial charge >= 0.3 is 5.97 Å². The Labute approximate surface area is 128 Å². The van der Waals surface area contributed by atoms with Gasteiger partial charge < -0.3 is 15.0 Å². The third-order valence-electron chi connectivity index (χ3n) is 5.04. The number of nitrogens with zero attached hydrogens (tertiary/aromatic N) is 3. The number of aromatic amines is 1. The molecule has 2 N–H and O–H groups in total. The van der Waals surface area contributed by atoms with Gasteiger partial charge in [0.2, 0.25) is 0 Å². The van der Waals surface area contributed by atoms with Crippen molar-refractivity contribution < 1.29 is 9.90 Å². The van der Waals surface area contributed by atoms with Gasteiger partial charge in [-0.2, -0.15) is 0 Å². The van der Waals surface area contributed by atoms with Crippen LogP contribution in [0.3, 0.4) is 0 Å². The van der Waals surface area contributed by atoms with Crippen molar-refractivity contribution in [1.29, 1.82) is 0 Å². The summed E-state index contributed by atoms with van der Waals surface area (Å²) in [5.41, 5.74) is 0.276. The zero-order chi connectivity index (χ0) is 15.3. The highest BCUT2D eigenvalue weighted by Gasteiger charge is 2.38. The molecule has 1 saturated heterocycles. The van der Waals surface area contributed by atoms with E-state index in [-0.39, 0.29) is 0 Å². The Kier molecular flexibility index (Phi) is 2.89. The molecule has 0 aromatic carbocycles. The Balaban J connectivity index is 1.66. The number of hydrogen-bond donors (Lipinski definition) is 2. The molecule has 2 aliphatic rings. The molecule has 1 aliphatic heterocycles. The number of fused-ring (bicyclic) bond motifs is 1. The molecule has 0 unspecified atom stereocenters. The number of hydrogen-bond acceptors (Lipinski definition) is 4. The number of carbonyl (C=O) groups is 1. The van der Waals surface area contributed by atoms with E-state index in [1.807, 2.05) is 19.2 Å². The molecule has 6 nitrogen and oxygen atoms in total. The van der Waals surface area contributed by atoms with Crippen molar-refractivity contribution >= 4 is 22.8 Å². The highest BCUT2D eigenvalue weighted by molar-refractivity contribution is 5.88. The molecule has 0 amide bonds. The Hall–Kier alpha value is -2.11. The van der Waals surface area contributed by atoms with Crippen molar-refractivity contribution in [3.8, 4) is 0 Å². The van der Waals surface area contributed by atoms with Gasteiger partial charge in [0, 0.05) is 25.2 Å². The fourth-order valence-corrected chi connectivity index (χ4v) is 3.13. The van der Waals surface area contributed by atoms with Crippen LogP contribution >= 0.6 is 0 Å². The highest BCUT2D eigenvalue weighted by Crippen LogP contribution is 2.40. The number of rotatable bonds is 3. The summed E-state index contributed by atoms with van der Waals surface area (Å²) in [4.78, 5) is 26.2. The van der Waals surface area contributed by atoms with E-state index in [2.05, 4.69) is 14.9 Å². The summed E-state index contributed by atoms with van der Waals surface area (Å²) in [7, 11) is 0. The SMILES string of the molecule is CC1(C(=O)O)CCN(c2nc(C3CC3)nc3[nH]ccc23)CC1. The summed E-state index contributed by atoms with van der Waals surface area (Å²) >= 11 is 0. The van der Waals surface area contributed by atoms with Gasteiger partial charge in [0.15, 0.2) is 0 Å². The first-order valence-corrected chi connectivity index (χ1v) is 7.90. The number of piperidine rings is 1. The standard InChI is InChI=1S/C16H20N4O2/c1-16(15(21)22)5-8-20(9-6-16)14-11-4-7-17-13(11)18-12(19-14)10-2-3-10/h4,7,10H,2-3,5-6,8-9H2,1H3,(H,21,22)(H,17,18,19). The molecule has 2 aromatic heterocycles. The molecule has 4 rings (SSSR count). The maximum Gasteiger partial charge on any atom is 0.309 e. The molecule has 6 heteroatoms. The third kappa shape index (κ3) is 2.14. The van der Waals surface area contributed by atoms with Crippen LogP contribution in [0.5, 0.6) is 0 Å². The van der Waals surface area contributed by atoms with Crippen molar-refractivity contribution in [2.75, 3.05) is 18.0 Å². The maximum atomic E-state index is 11.4. The summed E-state index contributed by atoms with van der Waals surface area (Å²) in [6, 6.07) is 2.01. The smallest absolute Gasteiger partial charge is 0.309 e. The molecule has 0 spiro atoms. The fraction of sp³-hybridized carbons (Fsp3) is 0.562. The van der Waals surface area contributed by atoms with Crippen LogP contribution in [0, 0.1) is 5.41 Å². The van der Waals surface area contributed by atoms with E-state index >= 15 is 0 Å². The predicted octanol–water partition coefficient (Wildman–Crippen LogP) is 2.53. The first-order chi connectivity index (χ1) is 10.6. The molecule has 116 valence electrons. The van der Waals surface area contributed by atoms with Crippen molar-refractivity contribution in [3.05, 3.63) is 18.1 Å². The lowest BCUT2D eigenvalue weighted by molar-refractivity contribution is -0.149. The zero-order valence-electron chi connectivity index (χ0n) is 12.7. The van der Waals surface area contributed by atoms with E-state index in [1.165, 1.54) is 12.8 Å². The fourth-order valence-electron chi connectivity index (χ4n) is 3.13. The Morgan fingerprint density at radius 2 is 2.09 bits per heavy atom. The molecular formula is C16H20N4O2. The highest BCUT2D eigenvalue weighted by atomic mass is 16.4. The molecule has 0 bridgehead atoms. The van der Waals surface area contributed by atoms with Gasteiger partial charge in [-0.05, 0) is 38.7 Å². The van der Waals surface area contributed by atoms with Gasteiger partial charge in [0.05, 0.1) is 10.8 Å². The van der Waals surface area contributed by atoms with E-state index in [0.717, 1.165) is 35.8 Å². The van der Waals surface area contributed by atoms with Gasteiger partial charge in [0.25, 0.3) is 0 Å². The maximum absolute atomic E-state index is 11.4. The Bertz CT molecular complexity index is 727. The first-order valence-electron chi connectivity index (χ1n) is 7.90. The lowest BCUT2D eigenvalue weighted by Gasteiger charge is -2.37. The van der Waals surface area contributed by atoms with Crippen LogP contribution in [-0.4, -0.2) is 39.1 Å². The zero-order valence-corrected chi connectivity index (χ0v) is 12.7. The average molecular weight is 300 g/mol. The van der Waals surface area contributed by atoms with Crippen molar-refractivity contribution in [3.63, 3.8) is 0 Å². The van der Waals surface area contributed by atoms with E-state index in [4.69, 9.17) is 4.98 Å². The molecule has 1 aliphatic carbocycles. The van der Waals surface area contributed by atoms with Gasteiger partial charge in [-0.3, -0.25) is 4.79 Å². The monoisotopic (exact) mass is 300 g/mol. The number of carboxylic acid groups (broad SMARTS) is 1. The van der Waals surface area contributed by atoms with Crippen molar-refractivity contribution in [2.45, 2.75) is 38.5 Å². The summed E-state index contributed by atoms with van der Waals surface area (Å²) in [5.74, 6) is 1.69. The van der Waals surface area contributed by atoms with Crippen LogP contribution in [-0.2, 0) is 4.79 Å². The number of aliphatic carboxylic acids is 1. The van der Waals surface area contributed by atoms with Crippen LogP contribution in [0.25, 0.3) is 11.0 Å². The van der Waals surface area contributed by atoms with Crippen LogP contribution in [0.15, 0.2) is 12.3 Å². The van der Waals surface area contributed by atoms with E-state index < -0.39 is 11.4 Å². The molecule has 3 heterocycles. The van der Waals surface area contributed by atoms with Crippen LogP contribution < -0.4 is 4.90 Å². The molecular weight excluding hydrogens is 280 g/mol. The minimum atomic E-state index is -0.694. The first kappa shape index (κ1) is 13.5.